The highest BCUT2D eigenvalue weighted by atomic mass is 19.1. The molecule has 1 aromatic rings. The maximum Gasteiger partial charge on any atom is 0.321 e. The first kappa shape index (κ1) is 14.8. The first-order valence-electron chi connectivity index (χ1n) is 5.65. The van der Waals surface area contributed by atoms with E-state index in [0.717, 1.165) is 0 Å². The van der Waals surface area contributed by atoms with E-state index in [1.54, 1.807) is 0 Å². The number of rotatable bonds is 7. The number of hydrogen-bond acceptors (Lipinski definition) is 3. The molecule has 0 radical (unpaired) electrons. The summed E-state index contributed by atoms with van der Waals surface area (Å²) in [4.78, 5) is 22.6. The number of amides is 1. The van der Waals surface area contributed by atoms with Crippen LogP contribution in [0.15, 0.2) is 36.9 Å². The first-order valence-corrected chi connectivity index (χ1v) is 5.65. The fourth-order valence-corrected chi connectivity index (χ4v) is 1.40. The number of carbonyl (C=O) groups is 2. The lowest BCUT2D eigenvalue weighted by molar-refractivity contribution is -0.140. The lowest BCUT2D eigenvalue weighted by Crippen LogP contribution is -2.39. The fraction of sp³-hybridized carbons (Fsp3) is 0.231. The molecular formula is C13H15FN2O3. The van der Waals surface area contributed by atoms with Gasteiger partial charge < -0.3 is 15.7 Å². The summed E-state index contributed by atoms with van der Waals surface area (Å²) in [7, 11) is 0. The van der Waals surface area contributed by atoms with E-state index in [2.05, 4.69) is 17.2 Å². The summed E-state index contributed by atoms with van der Waals surface area (Å²) >= 11 is 0. The first-order chi connectivity index (χ1) is 9.02. The van der Waals surface area contributed by atoms with Gasteiger partial charge >= 0.3 is 5.97 Å². The second-order valence-corrected chi connectivity index (χ2v) is 3.85. The van der Waals surface area contributed by atoms with E-state index in [1.165, 1.54) is 30.3 Å². The number of halogens is 1. The van der Waals surface area contributed by atoms with Gasteiger partial charge in [-0.2, -0.15) is 0 Å². The Morgan fingerprint density at radius 2 is 2.00 bits per heavy atom. The summed E-state index contributed by atoms with van der Waals surface area (Å²) in [6.45, 7) is 3.75. The highest BCUT2D eigenvalue weighted by Gasteiger charge is 2.20. The van der Waals surface area contributed by atoms with Crippen LogP contribution < -0.4 is 10.6 Å². The predicted molar refractivity (Wildman–Crippen MR) is 69.3 cm³/mol. The molecule has 0 saturated heterocycles. The SMILES string of the molecule is C=CCN[C@H](CC(=O)Nc1ccc(F)cc1)C(=O)O. The second kappa shape index (κ2) is 7.27. The van der Waals surface area contributed by atoms with Crippen LogP contribution in [0.25, 0.3) is 0 Å². The van der Waals surface area contributed by atoms with Crippen molar-refractivity contribution in [2.75, 3.05) is 11.9 Å². The van der Waals surface area contributed by atoms with Gasteiger partial charge in [-0.25, -0.2) is 4.39 Å². The highest BCUT2D eigenvalue weighted by Crippen LogP contribution is 2.09. The number of anilines is 1. The molecule has 1 rings (SSSR count). The van der Waals surface area contributed by atoms with E-state index >= 15 is 0 Å². The molecule has 0 aliphatic heterocycles. The van der Waals surface area contributed by atoms with Crippen molar-refractivity contribution in [3.63, 3.8) is 0 Å². The number of nitrogens with one attached hydrogen (secondary N) is 2. The standard InChI is InChI=1S/C13H15FN2O3/c1-2-7-15-11(13(18)19)8-12(17)16-10-5-3-9(14)4-6-10/h2-6,11,15H,1,7-8H2,(H,16,17)(H,18,19)/t11-/m1/s1. The zero-order valence-electron chi connectivity index (χ0n) is 10.2. The fourth-order valence-electron chi connectivity index (χ4n) is 1.40. The van der Waals surface area contributed by atoms with E-state index < -0.39 is 23.7 Å². The van der Waals surface area contributed by atoms with Crippen LogP contribution in [0, 0.1) is 5.82 Å². The van der Waals surface area contributed by atoms with Gasteiger partial charge in [-0.1, -0.05) is 6.08 Å². The van der Waals surface area contributed by atoms with Gasteiger partial charge in [0.05, 0.1) is 6.42 Å². The Bertz CT molecular complexity index is 459. The number of benzene rings is 1. The molecule has 1 atom stereocenters. The van der Waals surface area contributed by atoms with Gasteiger partial charge in [-0.15, -0.1) is 6.58 Å². The van der Waals surface area contributed by atoms with E-state index in [1.807, 2.05) is 0 Å². The molecule has 0 heterocycles. The summed E-state index contributed by atoms with van der Waals surface area (Å²) in [6, 6.07) is 4.24. The van der Waals surface area contributed by atoms with E-state index in [0.29, 0.717) is 12.2 Å². The molecule has 0 aliphatic carbocycles. The van der Waals surface area contributed by atoms with Gasteiger partial charge in [0.15, 0.2) is 0 Å². The van der Waals surface area contributed by atoms with Crippen LogP contribution in [-0.4, -0.2) is 29.6 Å². The van der Waals surface area contributed by atoms with Crippen LogP contribution in [-0.2, 0) is 9.59 Å². The highest BCUT2D eigenvalue weighted by molar-refractivity contribution is 5.94. The number of carboxylic acid groups (broad SMARTS) is 1. The molecule has 0 aliphatic rings. The number of carboxylic acids is 1. The molecule has 0 unspecified atom stereocenters. The number of aliphatic carboxylic acids is 1. The minimum atomic E-state index is -1.11. The van der Waals surface area contributed by atoms with Crippen molar-refractivity contribution >= 4 is 17.6 Å². The van der Waals surface area contributed by atoms with Crippen LogP contribution in [0.3, 0.4) is 0 Å². The largest absolute Gasteiger partial charge is 0.480 e. The van der Waals surface area contributed by atoms with Crippen molar-refractivity contribution in [1.82, 2.24) is 5.32 Å². The van der Waals surface area contributed by atoms with Crippen molar-refractivity contribution in [2.24, 2.45) is 0 Å². The van der Waals surface area contributed by atoms with Crippen molar-refractivity contribution in [3.05, 3.63) is 42.7 Å². The molecule has 5 nitrogen and oxygen atoms in total. The molecule has 0 fully saturated rings. The van der Waals surface area contributed by atoms with Gasteiger partial charge in [0.1, 0.15) is 11.9 Å². The summed E-state index contributed by atoms with van der Waals surface area (Å²) in [5.41, 5.74) is 0.416. The van der Waals surface area contributed by atoms with Crippen LogP contribution >= 0.6 is 0 Å². The topological polar surface area (TPSA) is 78.4 Å². The van der Waals surface area contributed by atoms with Crippen molar-refractivity contribution in [2.45, 2.75) is 12.5 Å². The Morgan fingerprint density at radius 1 is 1.37 bits per heavy atom. The molecule has 0 aromatic heterocycles. The molecule has 6 heteroatoms. The Hall–Kier alpha value is -2.21. The summed E-state index contributed by atoms with van der Waals surface area (Å²) in [5.74, 6) is -1.99. The normalized spacial score (nSPS) is 11.6. The molecule has 0 saturated carbocycles. The summed E-state index contributed by atoms with van der Waals surface area (Å²) in [5, 5.41) is 14.1. The summed E-state index contributed by atoms with van der Waals surface area (Å²) < 4.78 is 12.7. The zero-order valence-corrected chi connectivity index (χ0v) is 10.2. The molecule has 0 spiro atoms. The zero-order chi connectivity index (χ0) is 14.3. The minimum Gasteiger partial charge on any atom is -0.480 e. The molecule has 1 amide bonds. The molecule has 102 valence electrons. The van der Waals surface area contributed by atoms with Gasteiger partial charge in [0, 0.05) is 12.2 Å². The second-order valence-electron chi connectivity index (χ2n) is 3.85. The van der Waals surface area contributed by atoms with Crippen molar-refractivity contribution in [3.8, 4) is 0 Å². The number of carbonyl (C=O) groups excluding carboxylic acids is 1. The third-order valence-electron chi connectivity index (χ3n) is 2.32. The maximum absolute atomic E-state index is 12.7. The van der Waals surface area contributed by atoms with Gasteiger partial charge in [-0.05, 0) is 24.3 Å². The lowest BCUT2D eigenvalue weighted by Gasteiger charge is -2.13. The third kappa shape index (κ3) is 5.31. The van der Waals surface area contributed by atoms with Crippen LogP contribution in [0.4, 0.5) is 10.1 Å². The Morgan fingerprint density at radius 3 is 2.53 bits per heavy atom. The van der Waals surface area contributed by atoms with E-state index in [-0.39, 0.29) is 6.42 Å². The smallest absolute Gasteiger partial charge is 0.321 e. The predicted octanol–water partition coefficient (Wildman–Crippen LogP) is 1.38. The maximum atomic E-state index is 12.7. The Balaban J connectivity index is 2.54. The van der Waals surface area contributed by atoms with E-state index in [4.69, 9.17) is 5.11 Å². The number of hydrogen-bond donors (Lipinski definition) is 3. The molecule has 1 aromatic carbocycles. The summed E-state index contributed by atoms with van der Waals surface area (Å²) in [6.07, 6.45) is 1.29. The van der Waals surface area contributed by atoms with Crippen LogP contribution in [0.2, 0.25) is 0 Å². The van der Waals surface area contributed by atoms with Gasteiger partial charge in [-0.3, -0.25) is 9.59 Å². The Labute approximate surface area is 110 Å². The molecular weight excluding hydrogens is 251 g/mol. The Kier molecular flexibility index (Phi) is 5.69. The monoisotopic (exact) mass is 266 g/mol. The van der Waals surface area contributed by atoms with Gasteiger partial charge in [0.2, 0.25) is 5.91 Å². The molecule has 0 bridgehead atoms. The van der Waals surface area contributed by atoms with Crippen molar-refractivity contribution < 1.29 is 19.1 Å². The lowest BCUT2D eigenvalue weighted by atomic mass is 10.2. The average molecular weight is 266 g/mol. The minimum absolute atomic E-state index is 0.222. The quantitative estimate of drug-likeness (QED) is 0.651. The average Bonchev–Trinajstić information content (AvgIpc) is 2.37. The van der Waals surface area contributed by atoms with E-state index in [9.17, 15) is 14.0 Å². The van der Waals surface area contributed by atoms with Crippen LogP contribution in [0.5, 0.6) is 0 Å². The molecule has 3 N–H and O–H groups in total. The third-order valence-corrected chi connectivity index (χ3v) is 2.32. The van der Waals surface area contributed by atoms with Crippen LogP contribution in [0.1, 0.15) is 6.42 Å². The van der Waals surface area contributed by atoms with Gasteiger partial charge in [0.25, 0.3) is 0 Å². The molecule has 19 heavy (non-hydrogen) atoms. The van der Waals surface area contributed by atoms with Crippen molar-refractivity contribution in [1.29, 1.82) is 0 Å².